The van der Waals surface area contributed by atoms with E-state index in [9.17, 15) is 9.59 Å². The molecule has 0 radical (unpaired) electrons. The lowest BCUT2D eigenvalue weighted by molar-refractivity contribution is -0.129. The van der Waals surface area contributed by atoms with Crippen LogP contribution in [0.4, 0.5) is 4.79 Å². The van der Waals surface area contributed by atoms with Gasteiger partial charge in [0.05, 0.1) is 13.0 Å². The fraction of sp³-hybridized carbons (Fsp3) is 0.636. The van der Waals surface area contributed by atoms with Gasteiger partial charge in [-0.2, -0.15) is 0 Å². The van der Waals surface area contributed by atoms with Gasteiger partial charge in [-0.25, -0.2) is 4.79 Å². The van der Waals surface area contributed by atoms with Crippen LogP contribution in [0.25, 0.3) is 0 Å². The van der Waals surface area contributed by atoms with Crippen LogP contribution in [0, 0.1) is 0 Å². The Hall–Kier alpha value is -1.60. The first-order valence-corrected chi connectivity index (χ1v) is 11.4. The normalized spacial score (nSPS) is 23.1. The zero-order valence-electron chi connectivity index (χ0n) is 17.5. The smallest absolute Gasteiger partial charge is 0.409 e. The van der Waals surface area contributed by atoms with Crippen LogP contribution in [0.5, 0.6) is 0 Å². The molecule has 0 spiro atoms. The molecule has 0 bridgehead atoms. The molecular weight excluding hydrogens is 434 g/mol. The molecule has 0 aromatic carbocycles. The number of carbonyl (C=O) groups is 2. The second-order valence-corrected chi connectivity index (χ2v) is 8.94. The third kappa shape index (κ3) is 5.12. The molecule has 2 amide bonds. The van der Waals surface area contributed by atoms with E-state index in [0.29, 0.717) is 19.1 Å². The minimum atomic E-state index is -0.189. The maximum absolute atomic E-state index is 12.7. The van der Waals surface area contributed by atoms with Crippen molar-refractivity contribution in [2.45, 2.75) is 58.0 Å². The van der Waals surface area contributed by atoms with Gasteiger partial charge in [0, 0.05) is 48.4 Å². The molecule has 3 aliphatic heterocycles. The van der Waals surface area contributed by atoms with E-state index in [4.69, 9.17) is 4.74 Å². The number of rotatable bonds is 5. The van der Waals surface area contributed by atoms with Crippen LogP contribution in [-0.2, 0) is 9.53 Å². The molecule has 7 heteroatoms. The number of amides is 2. The van der Waals surface area contributed by atoms with Crippen LogP contribution < -0.4 is 0 Å². The molecule has 3 rings (SSSR count). The van der Waals surface area contributed by atoms with Gasteiger partial charge in [0.2, 0.25) is 5.91 Å². The molecule has 0 atom stereocenters. The minimum Gasteiger partial charge on any atom is -0.450 e. The van der Waals surface area contributed by atoms with Crippen LogP contribution in [-0.4, -0.2) is 71.6 Å². The van der Waals surface area contributed by atoms with Crippen molar-refractivity contribution in [2.75, 3.05) is 32.8 Å². The maximum atomic E-state index is 12.7. The molecule has 0 aromatic rings. The summed E-state index contributed by atoms with van der Waals surface area (Å²) in [7, 11) is 0. The van der Waals surface area contributed by atoms with Crippen molar-refractivity contribution in [2.24, 2.45) is 0 Å². The molecule has 2 saturated heterocycles. The summed E-state index contributed by atoms with van der Waals surface area (Å²) in [4.78, 5) is 30.9. The Morgan fingerprint density at radius 1 is 1.17 bits per heavy atom. The van der Waals surface area contributed by atoms with E-state index >= 15 is 0 Å². The maximum Gasteiger partial charge on any atom is 0.409 e. The molecule has 3 heterocycles. The SMILES string of the molecule is C=C/C(Br)=C\C1=C(C)CC(=O)N1C1CCN(C2CCN(C(=O)OCC)CC2)CC1. The average molecular weight is 466 g/mol. The van der Waals surface area contributed by atoms with Crippen LogP contribution in [0.15, 0.2) is 34.5 Å². The predicted molar refractivity (Wildman–Crippen MR) is 118 cm³/mol. The van der Waals surface area contributed by atoms with E-state index in [-0.39, 0.29) is 18.0 Å². The molecule has 3 aliphatic rings. The quantitative estimate of drug-likeness (QED) is 0.574. The molecule has 0 aromatic heterocycles. The molecule has 0 saturated carbocycles. The van der Waals surface area contributed by atoms with Crippen molar-refractivity contribution in [3.63, 3.8) is 0 Å². The number of hydrogen-bond acceptors (Lipinski definition) is 4. The van der Waals surface area contributed by atoms with Crippen molar-refractivity contribution < 1.29 is 14.3 Å². The molecule has 29 heavy (non-hydrogen) atoms. The Labute approximate surface area is 182 Å². The van der Waals surface area contributed by atoms with Crippen LogP contribution in [0.2, 0.25) is 0 Å². The van der Waals surface area contributed by atoms with Gasteiger partial charge >= 0.3 is 6.09 Å². The molecule has 2 fully saturated rings. The lowest BCUT2D eigenvalue weighted by atomic mass is 9.97. The number of allylic oxidation sites excluding steroid dienone is 3. The van der Waals surface area contributed by atoms with Crippen LogP contribution in [0.1, 0.15) is 46.0 Å². The van der Waals surface area contributed by atoms with Crippen molar-refractivity contribution in [3.05, 3.63) is 34.5 Å². The van der Waals surface area contributed by atoms with Gasteiger partial charge in [0.25, 0.3) is 0 Å². The van der Waals surface area contributed by atoms with E-state index < -0.39 is 0 Å². The van der Waals surface area contributed by atoms with Crippen molar-refractivity contribution >= 4 is 27.9 Å². The highest BCUT2D eigenvalue weighted by Gasteiger charge is 2.36. The molecule has 0 aliphatic carbocycles. The largest absolute Gasteiger partial charge is 0.450 e. The zero-order valence-corrected chi connectivity index (χ0v) is 19.1. The third-order valence-electron chi connectivity index (χ3n) is 6.22. The summed E-state index contributed by atoms with van der Waals surface area (Å²) < 4.78 is 6.02. The minimum absolute atomic E-state index is 0.189. The van der Waals surface area contributed by atoms with Crippen molar-refractivity contribution in [1.29, 1.82) is 0 Å². The number of likely N-dealkylation sites (tertiary alicyclic amines) is 2. The lowest BCUT2D eigenvalue weighted by Gasteiger charge is -2.43. The van der Waals surface area contributed by atoms with E-state index in [0.717, 1.165) is 67.6 Å². The lowest BCUT2D eigenvalue weighted by Crippen LogP contribution is -2.52. The van der Waals surface area contributed by atoms with Crippen LogP contribution >= 0.6 is 15.9 Å². The molecular formula is C22H32BrN3O3. The Bertz CT molecular complexity index is 702. The fourth-order valence-corrected chi connectivity index (χ4v) is 4.88. The van der Waals surface area contributed by atoms with Gasteiger partial charge < -0.3 is 19.4 Å². The molecule has 6 nitrogen and oxygen atoms in total. The van der Waals surface area contributed by atoms with Gasteiger partial charge in [-0.05, 0) is 51.2 Å². The van der Waals surface area contributed by atoms with Gasteiger partial charge in [0.15, 0.2) is 0 Å². The number of halogens is 1. The number of nitrogens with zero attached hydrogens (tertiary/aromatic N) is 3. The average Bonchev–Trinajstić information content (AvgIpc) is 3.01. The highest BCUT2D eigenvalue weighted by molar-refractivity contribution is 9.11. The standard InChI is InChI=1S/C22H32BrN3O3/c1-4-17(23)15-20-16(3)14-21(27)26(20)19-8-10-24(11-9-19)18-6-12-25(13-7-18)22(28)29-5-2/h4,15,18-19H,1,5-14H2,2-3H3/b17-15+. The van der Waals surface area contributed by atoms with Gasteiger partial charge in [-0.15, -0.1) is 0 Å². The first-order valence-electron chi connectivity index (χ1n) is 10.6. The third-order valence-corrected chi connectivity index (χ3v) is 6.78. The number of carbonyl (C=O) groups excluding carboxylic acids is 2. The zero-order chi connectivity index (χ0) is 21.0. The Kier molecular flexibility index (Phi) is 7.57. The Morgan fingerprint density at radius 3 is 2.38 bits per heavy atom. The van der Waals surface area contributed by atoms with Crippen LogP contribution in [0.3, 0.4) is 0 Å². The second kappa shape index (κ2) is 9.94. The number of piperidine rings is 2. The molecule has 0 unspecified atom stereocenters. The first-order chi connectivity index (χ1) is 13.9. The topological polar surface area (TPSA) is 53.1 Å². The molecule has 0 N–H and O–H groups in total. The summed E-state index contributed by atoms with van der Waals surface area (Å²) in [6.45, 7) is 11.6. The van der Waals surface area contributed by atoms with Crippen molar-refractivity contribution in [1.82, 2.24) is 14.7 Å². The summed E-state index contributed by atoms with van der Waals surface area (Å²) in [6.07, 6.45) is 8.05. The first kappa shape index (κ1) is 22.1. The van der Waals surface area contributed by atoms with E-state index in [2.05, 4.69) is 27.4 Å². The summed E-state index contributed by atoms with van der Waals surface area (Å²) >= 11 is 3.50. The number of ether oxygens (including phenoxy) is 1. The van der Waals surface area contributed by atoms with Crippen molar-refractivity contribution in [3.8, 4) is 0 Å². The summed E-state index contributed by atoms with van der Waals surface area (Å²) in [5.41, 5.74) is 2.16. The Balaban J connectivity index is 1.55. The van der Waals surface area contributed by atoms with Gasteiger partial charge in [0.1, 0.15) is 0 Å². The van der Waals surface area contributed by atoms with E-state index in [1.807, 2.05) is 29.7 Å². The second-order valence-electron chi connectivity index (χ2n) is 8.02. The number of hydrogen-bond donors (Lipinski definition) is 0. The van der Waals surface area contributed by atoms with Gasteiger partial charge in [-0.3, -0.25) is 4.79 Å². The fourth-order valence-electron chi connectivity index (χ4n) is 4.66. The predicted octanol–water partition coefficient (Wildman–Crippen LogP) is 4.04. The highest BCUT2D eigenvalue weighted by Crippen LogP contribution is 2.33. The summed E-state index contributed by atoms with van der Waals surface area (Å²) in [5.74, 6) is 0.208. The highest BCUT2D eigenvalue weighted by atomic mass is 79.9. The summed E-state index contributed by atoms with van der Waals surface area (Å²) in [5, 5.41) is 0. The summed E-state index contributed by atoms with van der Waals surface area (Å²) in [6, 6.07) is 0.773. The van der Waals surface area contributed by atoms with E-state index in [1.165, 1.54) is 0 Å². The monoisotopic (exact) mass is 465 g/mol. The Morgan fingerprint density at radius 2 is 1.79 bits per heavy atom. The molecule has 160 valence electrons. The van der Waals surface area contributed by atoms with Gasteiger partial charge in [-0.1, -0.05) is 28.6 Å². The van der Waals surface area contributed by atoms with E-state index in [1.54, 1.807) is 6.08 Å².